The Morgan fingerprint density at radius 3 is 2.75 bits per heavy atom. The van der Waals surface area contributed by atoms with Gasteiger partial charge in [0.25, 0.3) is 5.91 Å². The average Bonchev–Trinajstić information content (AvgIpc) is 3.20. The molecule has 3 aromatic rings. The monoisotopic (exact) mass is 342 g/mol. The third-order valence-electron chi connectivity index (χ3n) is 4.32. The maximum atomic E-state index is 12.5. The zero-order chi connectivity index (χ0) is 16.5. The Labute approximate surface area is 143 Å². The first-order valence-corrected chi connectivity index (χ1v) is 8.72. The fourth-order valence-electron chi connectivity index (χ4n) is 2.97. The quantitative estimate of drug-likeness (QED) is 0.783. The molecular formula is C16H18N6OS. The molecule has 4 rings (SSSR count). The van der Waals surface area contributed by atoms with Crippen molar-refractivity contribution in [1.82, 2.24) is 29.4 Å². The molecule has 1 aromatic carbocycles. The molecule has 124 valence electrons. The molecule has 0 atom stereocenters. The van der Waals surface area contributed by atoms with Crippen LogP contribution in [0.15, 0.2) is 24.3 Å². The number of aromatic amines is 1. The van der Waals surface area contributed by atoms with Gasteiger partial charge in [-0.15, -0.1) is 5.10 Å². The van der Waals surface area contributed by atoms with Gasteiger partial charge in [-0.25, -0.2) is 4.98 Å². The van der Waals surface area contributed by atoms with Gasteiger partial charge in [-0.05, 0) is 30.6 Å². The van der Waals surface area contributed by atoms with Gasteiger partial charge in [-0.2, -0.15) is 0 Å². The second kappa shape index (κ2) is 6.29. The van der Waals surface area contributed by atoms with E-state index in [4.69, 9.17) is 0 Å². The van der Waals surface area contributed by atoms with Gasteiger partial charge in [0.15, 0.2) is 0 Å². The topological polar surface area (TPSA) is 78.0 Å². The van der Waals surface area contributed by atoms with Gasteiger partial charge < -0.3 is 9.88 Å². The molecule has 0 bridgehead atoms. The fraction of sp³-hybridized carbons (Fsp3) is 0.375. The molecule has 1 amide bonds. The molecule has 1 fully saturated rings. The van der Waals surface area contributed by atoms with Crippen LogP contribution in [0, 0.1) is 6.92 Å². The van der Waals surface area contributed by atoms with E-state index in [1.54, 1.807) is 0 Å². The Balaban J connectivity index is 1.37. The van der Waals surface area contributed by atoms with E-state index in [1.807, 2.05) is 36.1 Å². The summed E-state index contributed by atoms with van der Waals surface area (Å²) < 4.78 is 3.85. The lowest BCUT2D eigenvalue weighted by molar-refractivity contribution is 0.0629. The molecule has 0 spiro atoms. The van der Waals surface area contributed by atoms with Gasteiger partial charge in [0.05, 0.1) is 23.3 Å². The second-order valence-electron chi connectivity index (χ2n) is 5.96. The van der Waals surface area contributed by atoms with Crippen molar-refractivity contribution < 1.29 is 4.79 Å². The number of fused-ring (bicyclic) bond motifs is 1. The number of rotatable bonds is 3. The molecule has 1 aliphatic rings. The fourth-order valence-corrected chi connectivity index (χ4v) is 3.60. The van der Waals surface area contributed by atoms with Crippen LogP contribution >= 0.6 is 11.5 Å². The van der Waals surface area contributed by atoms with Crippen LogP contribution in [0.25, 0.3) is 11.0 Å². The van der Waals surface area contributed by atoms with Crippen LogP contribution < -0.4 is 0 Å². The average molecular weight is 342 g/mol. The first-order valence-electron chi connectivity index (χ1n) is 7.95. The number of nitrogens with one attached hydrogen (secondary N) is 1. The summed E-state index contributed by atoms with van der Waals surface area (Å²) in [5.74, 6) is 1.02. The lowest BCUT2D eigenvalue weighted by Crippen LogP contribution is -2.48. The Morgan fingerprint density at radius 1 is 1.25 bits per heavy atom. The van der Waals surface area contributed by atoms with Crippen molar-refractivity contribution in [2.75, 3.05) is 26.2 Å². The molecule has 0 saturated carbocycles. The first-order chi connectivity index (χ1) is 11.7. The molecule has 8 heteroatoms. The molecule has 1 N–H and O–H groups in total. The van der Waals surface area contributed by atoms with Gasteiger partial charge in [0, 0.05) is 26.2 Å². The minimum absolute atomic E-state index is 0.0471. The van der Waals surface area contributed by atoms with E-state index in [0.29, 0.717) is 4.88 Å². The minimum atomic E-state index is 0.0471. The number of aryl methyl sites for hydroxylation is 1. The van der Waals surface area contributed by atoms with Crippen molar-refractivity contribution in [3.63, 3.8) is 0 Å². The number of nitrogens with zero attached hydrogens (tertiary/aromatic N) is 5. The first kappa shape index (κ1) is 15.2. The molecule has 0 aliphatic carbocycles. The molecule has 3 heterocycles. The predicted octanol–water partition coefficient (Wildman–Crippen LogP) is 1.68. The Morgan fingerprint density at radius 2 is 2.04 bits per heavy atom. The number of amides is 1. The maximum absolute atomic E-state index is 12.5. The van der Waals surface area contributed by atoms with Crippen molar-refractivity contribution in [2.45, 2.75) is 13.5 Å². The number of H-pyrrole nitrogens is 1. The van der Waals surface area contributed by atoms with E-state index >= 15 is 0 Å². The highest BCUT2D eigenvalue weighted by molar-refractivity contribution is 7.07. The van der Waals surface area contributed by atoms with E-state index in [-0.39, 0.29) is 5.91 Å². The van der Waals surface area contributed by atoms with Crippen molar-refractivity contribution >= 4 is 28.5 Å². The summed E-state index contributed by atoms with van der Waals surface area (Å²) in [4.78, 5) is 25.3. The zero-order valence-corrected chi connectivity index (χ0v) is 14.2. The largest absolute Gasteiger partial charge is 0.341 e. The Bertz CT molecular complexity index is 831. The van der Waals surface area contributed by atoms with E-state index in [2.05, 4.69) is 24.5 Å². The number of hydrogen-bond donors (Lipinski definition) is 1. The molecule has 1 saturated heterocycles. The lowest BCUT2D eigenvalue weighted by atomic mass is 10.2. The molecule has 0 radical (unpaired) electrons. The number of imidazole rings is 1. The number of para-hydroxylation sites is 2. The van der Waals surface area contributed by atoms with E-state index < -0.39 is 0 Å². The van der Waals surface area contributed by atoms with Gasteiger partial charge in [0.1, 0.15) is 10.7 Å². The maximum Gasteiger partial charge on any atom is 0.267 e. The highest BCUT2D eigenvalue weighted by Crippen LogP contribution is 2.16. The molecule has 7 nitrogen and oxygen atoms in total. The summed E-state index contributed by atoms with van der Waals surface area (Å²) in [6.07, 6.45) is 0. The zero-order valence-electron chi connectivity index (χ0n) is 13.4. The summed E-state index contributed by atoms with van der Waals surface area (Å²) in [6.45, 7) is 5.72. The van der Waals surface area contributed by atoms with Crippen molar-refractivity contribution in [3.05, 3.63) is 40.7 Å². The lowest BCUT2D eigenvalue weighted by Gasteiger charge is -2.34. The third-order valence-corrected chi connectivity index (χ3v) is 5.13. The van der Waals surface area contributed by atoms with E-state index in [1.165, 1.54) is 11.5 Å². The molecule has 1 aliphatic heterocycles. The molecular weight excluding hydrogens is 324 g/mol. The molecule has 24 heavy (non-hydrogen) atoms. The number of carbonyl (C=O) groups is 1. The predicted molar refractivity (Wildman–Crippen MR) is 91.9 cm³/mol. The van der Waals surface area contributed by atoms with Crippen LogP contribution in [-0.2, 0) is 6.54 Å². The van der Waals surface area contributed by atoms with Gasteiger partial charge >= 0.3 is 0 Å². The van der Waals surface area contributed by atoms with Gasteiger partial charge in [-0.3, -0.25) is 9.69 Å². The molecule has 2 aromatic heterocycles. The van der Waals surface area contributed by atoms with E-state index in [9.17, 15) is 4.79 Å². The SMILES string of the molecule is Cc1nnsc1C(=O)N1CCN(Cc2nc3ccccc3[nH]2)CC1. The Kier molecular flexibility index (Phi) is 3.99. The summed E-state index contributed by atoms with van der Waals surface area (Å²) >= 11 is 1.18. The van der Waals surface area contributed by atoms with Crippen LogP contribution in [0.4, 0.5) is 0 Å². The van der Waals surface area contributed by atoms with Gasteiger partial charge in [-0.1, -0.05) is 16.6 Å². The Hall–Kier alpha value is -2.32. The van der Waals surface area contributed by atoms with Crippen molar-refractivity contribution in [3.8, 4) is 0 Å². The summed E-state index contributed by atoms with van der Waals surface area (Å²) in [5, 5.41) is 3.92. The minimum Gasteiger partial charge on any atom is -0.341 e. The number of carbonyl (C=O) groups excluding carboxylic acids is 1. The van der Waals surface area contributed by atoms with Crippen LogP contribution in [0.3, 0.4) is 0 Å². The number of aromatic nitrogens is 4. The van der Waals surface area contributed by atoms with Gasteiger partial charge in [0.2, 0.25) is 0 Å². The van der Waals surface area contributed by atoms with Crippen molar-refractivity contribution in [2.24, 2.45) is 0 Å². The van der Waals surface area contributed by atoms with Crippen molar-refractivity contribution in [1.29, 1.82) is 0 Å². The van der Waals surface area contributed by atoms with Crippen LogP contribution in [0.2, 0.25) is 0 Å². The highest BCUT2D eigenvalue weighted by atomic mass is 32.1. The van der Waals surface area contributed by atoms with Crippen LogP contribution in [0.5, 0.6) is 0 Å². The highest BCUT2D eigenvalue weighted by Gasteiger charge is 2.25. The van der Waals surface area contributed by atoms with Crippen LogP contribution in [0.1, 0.15) is 21.2 Å². The second-order valence-corrected chi connectivity index (χ2v) is 6.71. The number of benzene rings is 1. The van der Waals surface area contributed by atoms with Crippen LogP contribution in [-0.4, -0.2) is 61.4 Å². The number of piperazine rings is 1. The summed E-state index contributed by atoms with van der Waals surface area (Å²) in [6, 6.07) is 8.05. The smallest absolute Gasteiger partial charge is 0.267 e. The summed E-state index contributed by atoms with van der Waals surface area (Å²) in [7, 11) is 0. The third kappa shape index (κ3) is 2.90. The number of hydrogen-bond acceptors (Lipinski definition) is 6. The van der Waals surface area contributed by atoms with E-state index in [0.717, 1.165) is 55.3 Å². The summed E-state index contributed by atoms with van der Waals surface area (Å²) in [5.41, 5.74) is 2.78. The standard InChI is InChI=1S/C16H18N6OS/c1-11-15(24-20-19-11)16(23)22-8-6-21(7-9-22)10-14-17-12-4-2-3-5-13(12)18-14/h2-5H,6-10H2,1H3,(H,17,18). The molecule has 0 unspecified atom stereocenters. The normalized spacial score (nSPS) is 16.0.